The molecule has 152 valence electrons. The number of carbonyl (C=O) groups excluding carboxylic acids is 1. The summed E-state index contributed by atoms with van der Waals surface area (Å²) in [6.07, 6.45) is -0.00931. The van der Waals surface area contributed by atoms with E-state index < -0.39 is 12.1 Å². The second-order valence-electron chi connectivity index (χ2n) is 6.62. The van der Waals surface area contributed by atoms with Gasteiger partial charge in [-0.05, 0) is 37.0 Å². The van der Waals surface area contributed by atoms with E-state index in [9.17, 15) is 9.59 Å². The van der Waals surface area contributed by atoms with Crippen LogP contribution in [0.2, 0.25) is 0 Å². The molecule has 7 heteroatoms. The molecule has 0 aliphatic heterocycles. The van der Waals surface area contributed by atoms with Gasteiger partial charge in [0, 0.05) is 19.6 Å². The van der Waals surface area contributed by atoms with Gasteiger partial charge in [0.15, 0.2) is 6.10 Å². The van der Waals surface area contributed by atoms with Gasteiger partial charge in [-0.1, -0.05) is 26.0 Å². The van der Waals surface area contributed by atoms with Crippen molar-refractivity contribution in [1.82, 2.24) is 4.90 Å². The molecule has 0 heterocycles. The molecule has 0 bridgehead atoms. The Bertz CT molecular complexity index is 572. The highest BCUT2D eigenvalue weighted by Gasteiger charge is 2.18. The lowest BCUT2D eigenvalue weighted by molar-refractivity contribution is -0.149. The van der Waals surface area contributed by atoms with Crippen molar-refractivity contribution in [3.05, 3.63) is 29.8 Å². The Kier molecular flexibility index (Phi) is 10.3. The summed E-state index contributed by atoms with van der Waals surface area (Å²) in [5, 5.41) is 9.14. The normalized spacial score (nSPS) is 11.9. The average molecular weight is 381 g/mol. The summed E-state index contributed by atoms with van der Waals surface area (Å²) in [5.41, 5.74) is 0.858. The summed E-state index contributed by atoms with van der Waals surface area (Å²) in [4.78, 5) is 24.6. The SMILES string of the molecule is CCOC(Cc1ccc(OCCN(CCC(C)C)C(=O)OC)cc1)C(=O)O. The van der Waals surface area contributed by atoms with Crippen molar-refractivity contribution < 1.29 is 28.9 Å². The summed E-state index contributed by atoms with van der Waals surface area (Å²) in [5.74, 6) is 0.189. The first-order chi connectivity index (χ1) is 12.9. The molecular weight excluding hydrogens is 350 g/mol. The van der Waals surface area contributed by atoms with Crippen molar-refractivity contribution in [3.63, 3.8) is 0 Å². The molecule has 0 fully saturated rings. The molecule has 0 spiro atoms. The lowest BCUT2D eigenvalue weighted by Gasteiger charge is -2.22. The predicted octanol–water partition coefficient (Wildman–Crippen LogP) is 3.21. The van der Waals surface area contributed by atoms with Crippen LogP contribution in [0.5, 0.6) is 5.75 Å². The molecule has 0 saturated carbocycles. The van der Waals surface area contributed by atoms with Gasteiger partial charge in [-0.3, -0.25) is 0 Å². The summed E-state index contributed by atoms with van der Waals surface area (Å²) in [6, 6.07) is 7.22. The molecule has 7 nitrogen and oxygen atoms in total. The third-order valence-electron chi connectivity index (χ3n) is 4.03. The van der Waals surface area contributed by atoms with Crippen LogP contribution in [-0.4, -0.2) is 61.6 Å². The third-order valence-corrected chi connectivity index (χ3v) is 4.03. The molecule has 1 unspecified atom stereocenters. The van der Waals surface area contributed by atoms with E-state index in [-0.39, 0.29) is 6.09 Å². The van der Waals surface area contributed by atoms with Gasteiger partial charge in [-0.15, -0.1) is 0 Å². The summed E-state index contributed by atoms with van der Waals surface area (Å²) in [7, 11) is 1.37. The van der Waals surface area contributed by atoms with Gasteiger partial charge in [0.25, 0.3) is 0 Å². The molecule has 1 aromatic carbocycles. The number of carboxylic acid groups (broad SMARTS) is 1. The Labute approximate surface area is 161 Å². The van der Waals surface area contributed by atoms with E-state index in [1.54, 1.807) is 24.0 Å². The molecule has 0 aliphatic rings. The van der Waals surface area contributed by atoms with Crippen molar-refractivity contribution in [1.29, 1.82) is 0 Å². The van der Waals surface area contributed by atoms with E-state index in [1.807, 2.05) is 12.1 Å². The van der Waals surface area contributed by atoms with Crippen molar-refractivity contribution in [2.24, 2.45) is 5.92 Å². The monoisotopic (exact) mass is 381 g/mol. The molecular formula is C20H31NO6. The van der Waals surface area contributed by atoms with E-state index in [0.717, 1.165) is 12.0 Å². The molecule has 1 aromatic rings. The Morgan fingerprint density at radius 1 is 1.15 bits per heavy atom. The minimum absolute atomic E-state index is 0.300. The van der Waals surface area contributed by atoms with Crippen LogP contribution in [-0.2, 0) is 20.7 Å². The molecule has 0 aliphatic carbocycles. The lowest BCUT2D eigenvalue weighted by Crippen LogP contribution is -2.35. The highest BCUT2D eigenvalue weighted by atomic mass is 16.5. The second kappa shape index (κ2) is 12.2. The fraction of sp³-hybridized carbons (Fsp3) is 0.600. The van der Waals surface area contributed by atoms with Crippen LogP contribution in [0.25, 0.3) is 0 Å². The maximum atomic E-state index is 11.8. The van der Waals surface area contributed by atoms with Crippen LogP contribution in [0.3, 0.4) is 0 Å². The van der Waals surface area contributed by atoms with Crippen LogP contribution < -0.4 is 4.74 Å². The minimum atomic E-state index is -0.971. The number of hydrogen-bond donors (Lipinski definition) is 1. The third kappa shape index (κ3) is 8.77. The number of carboxylic acids is 1. The fourth-order valence-corrected chi connectivity index (χ4v) is 2.47. The van der Waals surface area contributed by atoms with Gasteiger partial charge in [-0.25, -0.2) is 9.59 Å². The average Bonchev–Trinajstić information content (AvgIpc) is 2.64. The summed E-state index contributed by atoms with van der Waals surface area (Å²) in [6.45, 7) is 7.75. The van der Waals surface area contributed by atoms with Gasteiger partial charge in [0.2, 0.25) is 0 Å². The smallest absolute Gasteiger partial charge is 0.409 e. The first kappa shape index (κ1) is 22.8. The first-order valence-corrected chi connectivity index (χ1v) is 9.26. The van der Waals surface area contributed by atoms with Gasteiger partial charge in [0.05, 0.1) is 13.7 Å². The number of aliphatic carboxylic acids is 1. The van der Waals surface area contributed by atoms with Crippen molar-refractivity contribution in [2.75, 3.05) is 33.4 Å². The van der Waals surface area contributed by atoms with Gasteiger partial charge in [-0.2, -0.15) is 0 Å². The zero-order valence-corrected chi connectivity index (χ0v) is 16.6. The highest BCUT2D eigenvalue weighted by molar-refractivity contribution is 5.72. The number of benzene rings is 1. The maximum Gasteiger partial charge on any atom is 0.409 e. The molecule has 1 rings (SSSR count). The summed E-state index contributed by atoms with van der Waals surface area (Å²) >= 11 is 0. The molecule has 0 saturated heterocycles. The maximum absolute atomic E-state index is 11.8. The Morgan fingerprint density at radius 3 is 2.33 bits per heavy atom. The van der Waals surface area contributed by atoms with E-state index in [1.165, 1.54) is 7.11 Å². The standard InChI is InChI=1S/C20H31NO6/c1-5-26-18(19(22)23)14-16-6-8-17(9-7-16)27-13-12-21(20(24)25-4)11-10-15(2)3/h6-9,15,18H,5,10-14H2,1-4H3,(H,22,23). The molecule has 1 atom stereocenters. The molecule has 0 radical (unpaired) electrons. The largest absolute Gasteiger partial charge is 0.492 e. The molecule has 0 aromatic heterocycles. The van der Waals surface area contributed by atoms with Crippen LogP contribution in [0, 0.1) is 5.92 Å². The first-order valence-electron chi connectivity index (χ1n) is 9.26. The molecule has 1 amide bonds. The van der Waals surface area contributed by atoms with Gasteiger partial charge < -0.3 is 24.2 Å². The van der Waals surface area contributed by atoms with Crippen LogP contribution in [0.4, 0.5) is 4.79 Å². The van der Waals surface area contributed by atoms with E-state index in [2.05, 4.69) is 13.8 Å². The van der Waals surface area contributed by atoms with Crippen LogP contribution >= 0.6 is 0 Å². The number of rotatable bonds is 12. The Hall–Kier alpha value is -2.28. The number of methoxy groups -OCH3 is 1. The number of carbonyl (C=O) groups is 2. The van der Waals surface area contributed by atoms with Crippen molar-refractivity contribution in [3.8, 4) is 5.75 Å². The lowest BCUT2D eigenvalue weighted by atomic mass is 10.1. The van der Waals surface area contributed by atoms with Gasteiger partial charge in [0.1, 0.15) is 12.4 Å². The fourth-order valence-electron chi connectivity index (χ4n) is 2.47. The highest BCUT2D eigenvalue weighted by Crippen LogP contribution is 2.15. The number of nitrogens with zero attached hydrogens (tertiary/aromatic N) is 1. The van der Waals surface area contributed by atoms with Crippen LogP contribution in [0.15, 0.2) is 24.3 Å². The van der Waals surface area contributed by atoms with E-state index in [0.29, 0.717) is 44.4 Å². The number of hydrogen-bond acceptors (Lipinski definition) is 5. The predicted molar refractivity (Wildman–Crippen MR) is 102 cm³/mol. The number of ether oxygens (including phenoxy) is 3. The Balaban J connectivity index is 2.52. The van der Waals surface area contributed by atoms with Gasteiger partial charge >= 0.3 is 12.1 Å². The number of amides is 1. The zero-order chi connectivity index (χ0) is 20.2. The van der Waals surface area contributed by atoms with E-state index in [4.69, 9.17) is 19.3 Å². The Morgan fingerprint density at radius 2 is 1.81 bits per heavy atom. The summed E-state index contributed by atoms with van der Waals surface area (Å²) < 4.78 is 15.7. The van der Waals surface area contributed by atoms with Crippen molar-refractivity contribution >= 4 is 12.1 Å². The van der Waals surface area contributed by atoms with Crippen LogP contribution in [0.1, 0.15) is 32.8 Å². The quantitative estimate of drug-likeness (QED) is 0.598. The topological polar surface area (TPSA) is 85.3 Å². The van der Waals surface area contributed by atoms with E-state index >= 15 is 0 Å². The molecule has 1 N–H and O–H groups in total. The zero-order valence-electron chi connectivity index (χ0n) is 16.6. The van der Waals surface area contributed by atoms with Crippen molar-refractivity contribution in [2.45, 2.75) is 39.7 Å². The molecule has 27 heavy (non-hydrogen) atoms. The second-order valence-corrected chi connectivity index (χ2v) is 6.62. The minimum Gasteiger partial charge on any atom is -0.492 e.